The molecule has 0 saturated carbocycles. The van der Waals surface area contributed by atoms with E-state index in [2.05, 4.69) is 83.6 Å². The third-order valence-corrected chi connectivity index (χ3v) is 10.2. The Morgan fingerprint density at radius 2 is 0.971 bits per heavy atom. The van der Waals surface area contributed by atoms with Crippen molar-refractivity contribution >= 4 is 11.4 Å². The van der Waals surface area contributed by atoms with Gasteiger partial charge in [0.25, 0.3) is 0 Å². The van der Waals surface area contributed by atoms with Crippen molar-refractivity contribution < 1.29 is 67.3 Å². The van der Waals surface area contributed by atoms with Gasteiger partial charge < -0.3 is 43.4 Å². The van der Waals surface area contributed by atoms with Crippen LogP contribution < -0.4 is 39.7 Å². The van der Waals surface area contributed by atoms with E-state index in [-0.39, 0.29) is 34.0 Å². The molecule has 2 saturated heterocycles. The van der Waals surface area contributed by atoms with Crippen LogP contribution in [0.15, 0.2) is 36.4 Å². The van der Waals surface area contributed by atoms with Crippen molar-refractivity contribution in [1.29, 1.82) is 0 Å². The first kappa shape index (κ1) is 34.8. The smallest absolute Gasteiger partial charge is 1.00 e. The van der Waals surface area contributed by atoms with Gasteiger partial charge in [-0.15, -0.1) is 0 Å². The third kappa shape index (κ3) is 11.8. The average Bonchev–Trinajstić information content (AvgIpc) is 3.58. The zero-order valence-electron chi connectivity index (χ0n) is 22.5. The standard InChI is InChI=1S/2C10H14N.2C4H8O.2BrH.Zr/c2*1-4-11-10-7-5-6-8(2)9(10)3;2*1-2-4-5-3-1;;;/h2*5-7H,4H2,1-3H3;2*1-4H2;2*1H;/q2*-1;;;;;+4/p-2. The fraction of sp³-hybridized carbons (Fsp3) is 0.571. The van der Waals surface area contributed by atoms with Crippen molar-refractivity contribution in [3.05, 3.63) is 58.7 Å². The van der Waals surface area contributed by atoms with Crippen molar-refractivity contribution in [2.45, 2.75) is 67.2 Å². The minimum absolute atomic E-state index is 0. The molecule has 2 aliphatic heterocycles. The second-order valence-corrected chi connectivity index (χ2v) is 11.8. The molecule has 0 unspecified atom stereocenters. The third-order valence-electron chi connectivity index (χ3n) is 6.26. The van der Waals surface area contributed by atoms with E-state index in [1.165, 1.54) is 59.3 Å². The quantitative estimate of drug-likeness (QED) is 0.448. The van der Waals surface area contributed by atoms with Gasteiger partial charge in [0.1, 0.15) is 0 Å². The summed E-state index contributed by atoms with van der Waals surface area (Å²) in [5, 5.41) is 0. The average molecular weight is 692 g/mol. The Hall–Kier alpha value is -0.197. The summed E-state index contributed by atoms with van der Waals surface area (Å²) in [6, 6.07) is 13.4. The van der Waals surface area contributed by atoms with Gasteiger partial charge >= 0.3 is 154 Å². The molecule has 35 heavy (non-hydrogen) atoms. The molecule has 4 nitrogen and oxygen atoms in total. The van der Waals surface area contributed by atoms with Crippen LogP contribution in [0.2, 0.25) is 0 Å². The van der Waals surface area contributed by atoms with E-state index in [4.69, 9.17) is 9.47 Å². The number of nitrogens with zero attached hydrogens (tertiary/aromatic N) is 2. The van der Waals surface area contributed by atoms with Crippen LogP contribution in [0.4, 0.5) is 11.4 Å². The van der Waals surface area contributed by atoms with Gasteiger partial charge in [0.15, 0.2) is 0 Å². The van der Waals surface area contributed by atoms with Gasteiger partial charge in [-0.3, -0.25) is 0 Å². The maximum absolute atomic E-state index is 4.94. The molecule has 2 aliphatic rings. The normalized spacial score (nSPS) is 13.7. The summed E-state index contributed by atoms with van der Waals surface area (Å²) in [6.07, 6.45) is 5.11. The summed E-state index contributed by atoms with van der Waals surface area (Å²) in [5.74, 6) is 0. The van der Waals surface area contributed by atoms with Crippen LogP contribution in [0, 0.1) is 27.7 Å². The van der Waals surface area contributed by atoms with Crippen molar-refractivity contribution in [3.8, 4) is 0 Å². The molecule has 2 fully saturated rings. The number of hydrogen-bond donors (Lipinski definition) is 0. The Bertz CT molecular complexity index is 748. The van der Waals surface area contributed by atoms with E-state index >= 15 is 0 Å². The largest absolute Gasteiger partial charge is 1.00 e. The summed E-state index contributed by atoms with van der Waals surface area (Å²) in [5.41, 5.74) is 8.45. The molecule has 0 amide bonds. The monoisotopic (exact) mass is 688 g/mol. The summed E-state index contributed by atoms with van der Waals surface area (Å²) in [4.78, 5) is 0. The summed E-state index contributed by atoms with van der Waals surface area (Å²) >= 11 is -0.898. The molecule has 7 heteroatoms. The zero-order chi connectivity index (χ0) is 24.1. The molecule has 2 heterocycles. The summed E-state index contributed by atoms with van der Waals surface area (Å²) < 4.78 is 15.2. The molecule has 0 spiro atoms. The maximum Gasteiger partial charge on any atom is -1.00 e. The first-order valence-electron chi connectivity index (χ1n) is 12.6. The second kappa shape index (κ2) is 19.9. The van der Waals surface area contributed by atoms with Gasteiger partial charge in [-0.05, 0) is 25.7 Å². The number of anilines is 2. The Balaban J connectivity index is 0.000000793. The Morgan fingerprint density at radius 3 is 1.23 bits per heavy atom. The van der Waals surface area contributed by atoms with Gasteiger partial charge in [0, 0.05) is 26.4 Å². The molecular formula is C28H44Br2N2O2Zr. The molecular weight excluding hydrogens is 647 g/mol. The predicted octanol–water partition coefficient (Wildman–Crippen LogP) is 0.787. The minimum atomic E-state index is -0.898. The van der Waals surface area contributed by atoms with Crippen molar-refractivity contribution in [2.24, 2.45) is 0 Å². The molecule has 4 rings (SSSR count). The zero-order valence-corrected chi connectivity index (χ0v) is 28.1. The molecule has 2 aromatic carbocycles. The van der Waals surface area contributed by atoms with Crippen LogP contribution in [0.1, 0.15) is 61.8 Å². The van der Waals surface area contributed by atoms with Crippen molar-refractivity contribution in [1.82, 2.24) is 0 Å². The Kier molecular flexibility index (Phi) is 19.7. The molecule has 0 atom stereocenters. The van der Waals surface area contributed by atoms with E-state index in [1.54, 1.807) is 0 Å². The van der Waals surface area contributed by atoms with Crippen molar-refractivity contribution in [2.75, 3.05) is 45.2 Å². The number of halogens is 2. The Morgan fingerprint density at radius 1 is 0.629 bits per heavy atom. The predicted molar refractivity (Wildman–Crippen MR) is 138 cm³/mol. The molecule has 0 aromatic heterocycles. The summed E-state index contributed by atoms with van der Waals surface area (Å²) in [7, 11) is 0. The van der Waals surface area contributed by atoms with Crippen LogP contribution in [0.25, 0.3) is 0 Å². The van der Waals surface area contributed by atoms with E-state index in [0.717, 1.165) is 39.5 Å². The van der Waals surface area contributed by atoms with Gasteiger partial charge in [-0.25, -0.2) is 0 Å². The van der Waals surface area contributed by atoms with Crippen LogP contribution in [0.3, 0.4) is 0 Å². The van der Waals surface area contributed by atoms with Gasteiger partial charge in [0.05, 0.1) is 0 Å². The van der Waals surface area contributed by atoms with E-state index in [1.807, 2.05) is 0 Å². The van der Waals surface area contributed by atoms with E-state index < -0.39 is 23.8 Å². The van der Waals surface area contributed by atoms with Crippen LogP contribution in [-0.2, 0) is 33.3 Å². The number of ether oxygens (including phenoxy) is 2. The topological polar surface area (TPSA) is 24.9 Å². The molecule has 2 aromatic rings. The fourth-order valence-corrected chi connectivity index (χ4v) is 6.94. The second-order valence-electron chi connectivity index (χ2n) is 8.67. The maximum atomic E-state index is 4.94. The number of aryl methyl sites for hydroxylation is 2. The molecule has 196 valence electrons. The Labute approximate surface area is 248 Å². The van der Waals surface area contributed by atoms with Crippen LogP contribution >= 0.6 is 0 Å². The molecule has 0 bridgehead atoms. The van der Waals surface area contributed by atoms with Gasteiger partial charge in [0.2, 0.25) is 0 Å². The van der Waals surface area contributed by atoms with Crippen LogP contribution in [0.5, 0.6) is 0 Å². The minimum Gasteiger partial charge on any atom is -1.00 e. The molecule has 0 radical (unpaired) electrons. The van der Waals surface area contributed by atoms with Crippen molar-refractivity contribution in [3.63, 3.8) is 0 Å². The first-order valence-corrected chi connectivity index (χ1v) is 14.8. The van der Waals surface area contributed by atoms with Gasteiger partial charge in [-0.1, -0.05) is 0 Å². The van der Waals surface area contributed by atoms with E-state index in [0.29, 0.717) is 0 Å². The summed E-state index contributed by atoms with van der Waals surface area (Å²) in [6.45, 7) is 19.6. The van der Waals surface area contributed by atoms with Gasteiger partial charge in [-0.2, -0.15) is 0 Å². The van der Waals surface area contributed by atoms with E-state index in [9.17, 15) is 0 Å². The first-order chi connectivity index (χ1) is 16.0. The SMILES string of the molecule is C1CCOC1.C1CCOC1.CC[N]([Zr+2][N](CC)c1cccc(C)c1C)c1cccc(C)c1C.[Br-].[Br-]. The van der Waals surface area contributed by atoms with Crippen LogP contribution in [-0.4, -0.2) is 39.5 Å². The number of rotatable bonds is 6. The molecule has 0 N–H and O–H groups in total. The number of benzene rings is 2. The molecule has 0 aliphatic carbocycles. The fourth-order valence-electron chi connectivity index (χ4n) is 3.81. The number of hydrogen-bond acceptors (Lipinski definition) is 4.